The first-order valence-electron chi connectivity index (χ1n) is 10.0. The number of rotatable bonds is 1. The van der Waals surface area contributed by atoms with E-state index in [1.807, 2.05) is 6.07 Å². The minimum Gasteiger partial charge on any atom is -0.384 e. The molecule has 24 heavy (non-hydrogen) atoms. The molecule has 2 nitrogen and oxygen atoms in total. The highest BCUT2D eigenvalue weighted by Gasteiger charge is 2.44. The maximum Gasteiger partial charge on any atom is 0.0410 e. The molecular formula is C21H29ClN2. The number of fused-ring (bicyclic) bond motifs is 3. The van der Waals surface area contributed by atoms with Crippen LogP contribution in [-0.2, 0) is 5.41 Å². The van der Waals surface area contributed by atoms with Gasteiger partial charge in [0, 0.05) is 28.7 Å². The maximum atomic E-state index is 6.29. The Hall–Kier alpha value is -0.730. The highest BCUT2D eigenvalue weighted by Crippen LogP contribution is 2.48. The summed E-state index contributed by atoms with van der Waals surface area (Å²) < 4.78 is 0. The van der Waals surface area contributed by atoms with Gasteiger partial charge in [0.05, 0.1) is 0 Å². The Bertz CT molecular complexity index is 606. The molecular weight excluding hydrogens is 316 g/mol. The summed E-state index contributed by atoms with van der Waals surface area (Å²) in [5.74, 6) is 2.10. The monoisotopic (exact) mass is 344 g/mol. The van der Waals surface area contributed by atoms with Crippen LogP contribution in [0.4, 0.5) is 5.69 Å². The lowest BCUT2D eigenvalue weighted by atomic mass is 9.74. The molecule has 2 unspecified atom stereocenters. The van der Waals surface area contributed by atoms with Gasteiger partial charge >= 0.3 is 0 Å². The Morgan fingerprint density at radius 1 is 1.04 bits per heavy atom. The van der Waals surface area contributed by atoms with E-state index in [9.17, 15) is 0 Å². The summed E-state index contributed by atoms with van der Waals surface area (Å²) in [4.78, 5) is 2.84. The molecule has 4 aliphatic rings. The second kappa shape index (κ2) is 5.92. The lowest BCUT2D eigenvalue weighted by molar-refractivity contribution is 0.120. The van der Waals surface area contributed by atoms with E-state index in [2.05, 4.69) is 22.3 Å². The molecule has 5 rings (SSSR count). The fraction of sp³-hybridized carbons (Fsp3) is 0.714. The van der Waals surface area contributed by atoms with Crippen molar-refractivity contribution in [3.8, 4) is 0 Å². The van der Waals surface area contributed by atoms with Gasteiger partial charge in [-0.3, -0.25) is 0 Å². The van der Waals surface area contributed by atoms with E-state index in [0.29, 0.717) is 5.41 Å². The summed E-state index contributed by atoms with van der Waals surface area (Å²) >= 11 is 6.29. The molecule has 0 radical (unpaired) electrons. The second-order valence-electron chi connectivity index (χ2n) is 8.79. The van der Waals surface area contributed by atoms with Gasteiger partial charge in [0.15, 0.2) is 0 Å². The summed E-state index contributed by atoms with van der Waals surface area (Å²) in [5, 5.41) is 4.52. The van der Waals surface area contributed by atoms with Crippen molar-refractivity contribution in [2.24, 2.45) is 11.8 Å². The first-order valence-corrected chi connectivity index (χ1v) is 10.4. The number of likely N-dealkylation sites (tertiary alicyclic amines) is 1. The summed E-state index contributed by atoms with van der Waals surface area (Å²) in [6.45, 7) is 3.65. The van der Waals surface area contributed by atoms with Crippen molar-refractivity contribution in [3.63, 3.8) is 0 Å². The van der Waals surface area contributed by atoms with Crippen LogP contribution in [0.5, 0.6) is 0 Å². The van der Waals surface area contributed by atoms with Crippen molar-refractivity contribution in [2.75, 3.05) is 25.0 Å². The third-order valence-electron chi connectivity index (χ3n) is 7.66. The molecule has 2 saturated carbocycles. The fourth-order valence-corrected chi connectivity index (χ4v) is 6.40. The Morgan fingerprint density at radius 3 is 2.46 bits per heavy atom. The number of benzene rings is 1. The van der Waals surface area contributed by atoms with E-state index < -0.39 is 0 Å². The summed E-state index contributed by atoms with van der Waals surface area (Å²) in [5.41, 5.74) is 3.14. The Kier molecular flexibility index (Phi) is 3.83. The van der Waals surface area contributed by atoms with Gasteiger partial charge in [0.25, 0.3) is 0 Å². The van der Waals surface area contributed by atoms with Crippen molar-refractivity contribution in [1.29, 1.82) is 0 Å². The van der Waals surface area contributed by atoms with Crippen LogP contribution in [0.25, 0.3) is 0 Å². The van der Waals surface area contributed by atoms with Crippen LogP contribution in [0.3, 0.4) is 0 Å². The van der Waals surface area contributed by atoms with Crippen LogP contribution < -0.4 is 5.32 Å². The number of hydrogen-bond donors (Lipinski definition) is 1. The van der Waals surface area contributed by atoms with Gasteiger partial charge in [-0.15, -0.1) is 0 Å². The molecule has 0 aromatic heterocycles. The maximum absolute atomic E-state index is 6.29. The third kappa shape index (κ3) is 2.49. The molecule has 1 saturated heterocycles. The zero-order valence-corrected chi connectivity index (χ0v) is 15.3. The summed E-state index contributed by atoms with van der Waals surface area (Å²) in [7, 11) is 0. The van der Waals surface area contributed by atoms with Gasteiger partial charge in [0.2, 0.25) is 0 Å². The molecule has 2 aliphatic carbocycles. The molecule has 1 N–H and O–H groups in total. The van der Waals surface area contributed by atoms with E-state index in [1.54, 1.807) is 0 Å². The minimum atomic E-state index is 0.335. The van der Waals surface area contributed by atoms with Gasteiger partial charge in [-0.25, -0.2) is 0 Å². The number of halogens is 1. The van der Waals surface area contributed by atoms with E-state index in [4.69, 9.17) is 11.6 Å². The van der Waals surface area contributed by atoms with E-state index in [0.717, 1.165) is 29.4 Å². The summed E-state index contributed by atoms with van der Waals surface area (Å²) in [6, 6.07) is 7.28. The van der Waals surface area contributed by atoms with E-state index >= 15 is 0 Å². The van der Waals surface area contributed by atoms with E-state index in [-0.39, 0.29) is 0 Å². The van der Waals surface area contributed by atoms with Crippen LogP contribution in [0, 0.1) is 11.8 Å². The molecule has 1 spiro atoms. The lowest BCUT2D eigenvalue weighted by Crippen LogP contribution is -2.47. The van der Waals surface area contributed by atoms with E-state index in [1.165, 1.54) is 75.7 Å². The minimum absolute atomic E-state index is 0.335. The molecule has 2 atom stereocenters. The smallest absolute Gasteiger partial charge is 0.0410 e. The van der Waals surface area contributed by atoms with Gasteiger partial charge in [-0.05, 0) is 74.4 Å². The fourth-order valence-electron chi connectivity index (χ4n) is 6.23. The molecule has 1 aromatic rings. The molecule has 2 aliphatic heterocycles. The third-order valence-corrected chi connectivity index (χ3v) is 7.89. The standard InChI is InChI=1S/C21H29ClN2/c22-17-5-6-20-19(13-17)21(14-23-20)7-9-24(10-8-21)18-11-15-3-1-2-4-16(15)12-18/h5-6,13,15-16,18,23H,1-4,7-12,14H2. The molecule has 0 bridgehead atoms. The van der Waals surface area contributed by atoms with Crippen LogP contribution in [-0.4, -0.2) is 30.6 Å². The molecule has 0 amide bonds. The topological polar surface area (TPSA) is 15.3 Å². The number of hydrogen-bond acceptors (Lipinski definition) is 2. The molecule has 3 fully saturated rings. The van der Waals surface area contributed by atoms with Gasteiger partial charge in [-0.2, -0.15) is 0 Å². The highest BCUT2D eigenvalue weighted by atomic mass is 35.5. The normalized spacial score (nSPS) is 34.8. The zero-order chi connectivity index (χ0) is 16.1. The quantitative estimate of drug-likeness (QED) is 0.765. The number of anilines is 1. The highest BCUT2D eigenvalue weighted by molar-refractivity contribution is 6.30. The Balaban J connectivity index is 1.28. The van der Waals surface area contributed by atoms with Crippen molar-refractivity contribution in [2.45, 2.75) is 62.8 Å². The number of nitrogens with one attached hydrogen (secondary N) is 1. The molecule has 3 heteroatoms. The molecule has 130 valence electrons. The van der Waals surface area contributed by atoms with Crippen LogP contribution in [0.15, 0.2) is 18.2 Å². The van der Waals surface area contributed by atoms with Crippen LogP contribution >= 0.6 is 11.6 Å². The molecule has 1 aromatic carbocycles. The average molecular weight is 345 g/mol. The first kappa shape index (κ1) is 15.5. The number of piperidine rings is 1. The summed E-state index contributed by atoms with van der Waals surface area (Å²) in [6.07, 6.45) is 11.5. The van der Waals surface area contributed by atoms with Crippen molar-refractivity contribution in [3.05, 3.63) is 28.8 Å². The zero-order valence-electron chi connectivity index (χ0n) is 14.6. The second-order valence-corrected chi connectivity index (χ2v) is 9.23. The van der Waals surface area contributed by atoms with Crippen LogP contribution in [0.1, 0.15) is 56.9 Å². The number of nitrogens with zero attached hydrogens (tertiary/aromatic N) is 1. The van der Waals surface area contributed by atoms with Crippen molar-refractivity contribution < 1.29 is 0 Å². The average Bonchev–Trinajstić information content (AvgIpc) is 3.18. The van der Waals surface area contributed by atoms with Gasteiger partial charge in [0.1, 0.15) is 0 Å². The predicted molar refractivity (Wildman–Crippen MR) is 101 cm³/mol. The lowest BCUT2D eigenvalue weighted by Gasteiger charge is -2.42. The Morgan fingerprint density at radius 2 is 1.75 bits per heavy atom. The van der Waals surface area contributed by atoms with Gasteiger partial charge in [-0.1, -0.05) is 37.3 Å². The first-order chi connectivity index (χ1) is 11.7. The Labute approximate surface area is 150 Å². The largest absolute Gasteiger partial charge is 0.384 e. The van der Waals surface area contributed by atoms with Crippen molar-refractivity contribution in [1.82, 2.24) is 4.90 Å². The SMILES string of the molecule is Clc1ccc2c(c1)C1(CCN(C3CC4CCCCC4C3)CC1)CN2. The predicted octanol–water partition coefficient (Wildman–Crippen LogP) is 5.07. The molecule has 2 heterocycles. The van der Waals surface area contributed by atoms with Crippen LogP contribution in [0.2, 0.25) is 5.02 Å². The van der Waals surface area contributed by atoms with Crippen molar-refractivity contribution >= 4 is 17.3 Å². The van der Waals surface area contributed by atoms with Gasteiger partial charge < -0.3 is 10.2 Å².